The molecule has 2 heterocycles. The van der Waals surface area contributed by atoms with Crippen molar-refractivity contribution in [2.24, 2.45) is 0 Å². The van der Waals surface area contributed by atoms with Crippen LogP contribution in [-0.4, -0.2) is 32.9 Å². The maximum Gasteiger partial charge on any atom is 0.256 e. The fourth-order valence-corrected chi connectivity index (χ4v) is 3.76. The molecule has 0 bridgehead atoms. The van der Waals surface area contributed by atoms with Crippen LogP contribution in [0.3, 0.4) is 0 Å². The van der Waals surface area contributed by atoms with Crippen molar-refractivity contribution in [3.8, 4) is 0 Å². The van der Waals surface area contributed by atoms with Gasteiger partial charge in [-0.2, -0.15) is 4.37 Å². The number of hydrogen-bond acceptors (Lipinski definition) is 4. The van der Waals surface area contributed by atoms with Crippen molar-refractivity contribution in [2.75, 3.05) is 6.54 Å². The van der Waals surface area contributed by atoms with E-state index >= 15 is 0 Å². The highest BCUT2D eigenvalue weighted by Gasteiger charge is 2.32. The van der Waals surface area contributed by atoms with Gasteiger partial charge < -0.3 is 10.0 Å². The predicted octanol–water partition coefficient (Wildman–Crippen LogP) is 3.18. The highest BCUT2D eigenvalue weighted by atomic mass is 32.1. The molecule has 22 heavy (non-hydrogen) atoms. The number of rotatable bonds is 4. The van der Waals surface area contributed by atoms with Crippen LogP contribution in [0.1, 0.15) is 47.0 Å². The van der Waals surface area contributed by atoms with Crippen LogP contribution in [0, 0.1) is 6.92 Å². The summed E-state index contributed by atoms with van der Waals surface area (Å²) in [5.41, 5.74) is 2.41. The Morgan fingerprint density at radius 3 is 2.91 bits per heavy atom. The second-order valence-corrected chi connectivity index (χ2v) is 6.40. The fourth-order valence-electron chi connectivity index (χ4n) is 3.07. The molecule has 4 nitrogen and oxygen atoms in total. The van der Waals surface area contributed by atoms with E-state index in [1.165, 1.54) is 11.5 Å². The summed E-state index contributed by atoms with van der Waals surface area (Å²) >= 11 is 1.32. The minimum atomic E-state index is -0.527. The first kappa shape index (κ1) is 15.2. The van der Waals surface area contributed by atoms with Crippen LogP contribution in [0.5, 0.6) is 0 Å². The number of amides is 1. The van der Waals surface area contributed by atoms with Gasteiger partial charge in [-0.1, -0.05) is 30.3 Å². The summed E-state index contributed by atoms with van der Waals surface area (Å²) in [6, 6.07) is 9.75. The summed E-state index contributed by atoms with van der Waals surface area (Å²) in [5.74, 6) is 0.0500. The fraction of sp³-hybridized carbons (Fsp3) is 0.412. The number of carbonyl (C=O) groups is 1. The van der Waals surface area contributed by atoms with E-state index < -0.39 is 6.10 Å². The van der Waals surface area contributed by atoms with Gasteiger partial charge in [-0.25, -0.2) is 0 Å². The molecule has 1 aliphatic rings. The number of aliphatic hydroxyl groups excluding tert-OH is 1. The lowest BCUT2D eigenvalue weighted by molar-refractivity contribution is 0.0666. The normalized spacial score (nSPS) is 19.4. The van der Waals surface area contributed by atoms with E-state index in [0.717, 1.165) is 30.6 Å². The Labute approximate surface area is 134 Å². The van der Waals surface area contributed by atoms with Gasteiger partial charge in [-0.15, -0.1) is 0 Å². The third-order valence-electron chi connectivity index (χ3n) is 4.30. The molecule has 1 aromatic carbocycles. The van der Waals surface area contributed by atoms with Crippen LogP contribution >= 0.6 is 11.5 Å². The summed E-state index contributed by atoms with van der Waals surface area (Å²) < 4.78 is 4.19. The lowest BCUT2D eigenvalue weighted by atomic mass is 10.0. The van der Waals surface area contributed by atoms with Gasteiger partial charge in [0.1, 0.15) is 0 Å². The highest BCUT2D eigenvalue weighted by Crippen LogP contribution is 2.29. The lowest BCUT2D eigenvalue weighted by Crippen LogP contribution is -2.36. The Morgan fingerprint density at radius 1 is 1.45 bits per heavy atom. The van der Waals surface area contributed by atoms with Crippen molar-refractivity contribution in [3.63, 3.8) is 0 Å². The molecule has 1 aliphatic heterocycles. The van der Waals surface area contributed by atoms with Crippen molar-refractivity contribution in [2.45, 2.75) is 38.3 Å². The lowest BCUT2D eigenvalue weighted by Gasteiger charge is -2.26. The van der Waals surface area contributed by atoms with Crippen molar-refractivity contribution >= 4 is 17.4 Å². The smallest absolute Gasteiger partial charge is 0.256 e. The average molecular weight is 316 g/mol. The Hall–Kier alpha value is -1.72. The number of aliphatic hydroxyl groups is 1. The van der Waals surface area contributed by atoms with E-state index in [4.69, 9.17) is 0 Å². The molecule has 1 aromatic heterocycles. The van der Waals surface area contributed by atoms with E-state index in [1.54, 1.807) is 0 Å². The molecule has 2 aromatic rings. The number of aryl methyl sites for hydroxylation is 1. The SMILES string of the molecule is Cc1nscc1C(=O)N1CCCC1CC(O)c1ccccc1. The van der Waals surface area contributed by atoms with Crippen LogP contribution in [0.15, 0.2) is 35.7 Å². The molecule has 1 amide bonds. The summed E-state index contributed by atoms with van der Waals surface area (Å²) in [5, 5.41) is 12.2. The molecular formula is C17H20N2O2S. The van der Waals surface area contributed by atoms with Gasteiger partial charge >= 0.3 is 0 Å². The zero-order valence-electron chi connectivity index (χ0n) is 12.6. The summed E-state index contributed by atoms with van der Waals surface area (Å²) in [6.07, 6.45) is 2.01. The van der Waals surface area contributed by atoms with Gasteiger partial charge in [-0.3, -0.25) is 4.79 Å². The molecule has 0 aliphatic carbocycles. The van der Waals surface area contributed by atoms with Crippen LogP contribution in [0.4, 0.5) is 0 Å². The van der Waals surface area contributed by atoms with Gasteiger partial charge in [0.2, 0.25) is 0 Å². The summed E-state index contributed by atoms with van der Waals surface area (Å²) in [7, 11) is 0. The van der Waals surface area contributed by atoms with Gasteiger partial charge in [0.25, 0.3) is 5.91 Å². The van der Waals surface area contributed by atoms with Gasteiger partial charge in [0.15, 0.2) is 0 Å². The molecule has 5 heteroatoms. The molecule has 2 atom stereocenters. The van der Waals surface area contributed by atoms with Crippen LogP contribution in [0.2, 0.25) is 0 Å². The number of aromatic nitrogens is 1. The molecule has 0 saturated carbocycles. The number of hydrogen-bond donors (Lipinski definition) is 1. The molecule has 0 spiro atoms. The summed E-state index contributed by atoms with van der Waals surface area (Å²) in [4.78, 5) is 14.6. The first-order valence-electron chi connectivity index (χ1n) is 7.62. The van der Waals surface area contributed by atoms with Crippen molar-refractivity contribution < 1.29 is 9.90 Å². The predicted molar refractivity (Wildman–Crippen MR) is 86.9 cm³/mol. The average Bonchev–Trinajstić information content (AvgIpc) is 3.16. The monoisotopic (exact) mass is 316 g/mol. The molecule has 3 rings (SSSR count). The van der Waals surface area contributed by atoms with E-state index in [2.05, 4.69) is 4.37 Å². The summed E-state index contributed by atoms with van der Waals surface area (Å²) in [6.45, 7) is 2.63. The van der Waals surface area contributed by atoms with Gasteiger partial charge in [0.05, 0.1) is 17.4 Å². The number of nitrogens with zero attached hydrogens (tertiary/aromatic N) is 2. The molecule has 1 saturated heterocycles. The van der Waals surface area contributed by atoms with Gasteiger partial charge in [-0.05, 0) is 43.3 Å². The van der Waals surface area contributed by atoms with Crippen LogP contribution in [0.25, 0.3) is 0 Å². The highest BCUT2D eigenvalue weighted by molar-refractivity contribution is 7.03. The van der Waals surface area contributed by atoms with E-state index in [0.29, 0.717) is 12.0 Å². The van der Waals surface area contributed by atoms with E-state index in [-0.39, 0.29) is 11.9 Å². The zero-order valence-corrected chi connectivity index (χ0v) is 13.4. The second kappa shape index (κ2) is 6.58. The first-order valence-corrected chi connectivity index (χ1v) is 8.45. The maximum absolute atomic E-state index is 12.7. The standard InChI is InChI=1S/C17H20N2O2S/c1-12-15(11-22-18-12)17(21)19-9-5-8-14(19)10-16(20)13-6-3-2-4-7-13/h2-4,6-7,11,14,16,20H,5,8-10H2,1H3. The Balaban J connectivity index is 1.71. The Kier molecular flexibility index (Phi) is 4.55. The number of benzene rings is 1. The topological polar surface area (TPSA) is 53.4 Å². The molecule has 2 unspecified atom stereocenters. The molecule has 1 fully saturated rings. The minimum absolute atomic E-state index is 0.0500. The second-order valence-electron chi connectivity index (χ2n) is 5.77. The number of likely N-dealkylation sites (tertiary alicyclic amines) is 1. The molecule has 0 radical (unpaired) electrons. The van der Waals surface area contributed by atoms with Gasteiger partial charge in [0, 0.05) is 18.0 Å². The number of carbonyl (C=O) groups excluding carboxylic acids is 1. The third kappa shape index (κ3) is 3.05. The minimum Gasteiger partial charge on any atom is -0.388 e. The quantitative estimate of drug-likeness (QED) is 0.942. The molecule has 116 valence electrons. The van der Waals surface area contributed by atoms with Crippen LogP contribution < -0.4 is 0 Å². The third-order valence-corrected chi connectivity index (χ3v) is 5.02. The maximum atomic E-state index is 12.7. The molecule has 1 N–H and O–H groups in total. The largest absolute Gasteiger partial charge is 0.388 e. The molecular weight excluding hydrogens is 296 g/mol. The zero-order chi connectivity index (χ0) is 15.5. The van der Waals surface area contributed by atoms with Crippen molar-refractivity contribution in [1.29, 1.82) is 0 Å². The Bertz CT molecular complexity index is 641. The van der Waals surface area contributed by atoms with E-state index in [9.17, 15) is 9.90 Å². The first-order chi connectivity index (χ1) is 10.7. The van der Waals surface area contributed by atoms with Crippen molar-refractivity contribution in [3.05, 3.63) is 52.5 Å². The van der Waals surface area contributed by atoms with E-state index in [1.807, 2.05) is 47.5 Å². The van der Waals surface area contributed by atoms with Crippen molar-refractivity contribution in [1.82, 2.24) is 9.27 Å². The Morgan fingerprint density at radius 2 is 2.23 bits per heavy atom. The van der Waals surface area contributed by atoms with Crippen LogP contribution in [-0.2, 0) is 0 Å².